The molecule has 100 valence electrons. The third kappa shape index (κ3) is 2.71. The van der Waals surface area contributed by atoms with Crippen LogP contribution < -0.4 is 21.5 Å². The lowest BCUT2D eigenvalue weighted by molar-refractivity contribution is -0.119. The largest absolute Gasteiger partial charge is 0.358 e. The Hall–Kier alpha value is -2.41. The summed E-state index contributed by atoms with van der Waals surface area (Å²) in [7, 11) is 3.39. The topological polar surface area (TPSA) is 96.2 Å². The summed E-state index contributed by atoms with van der Waals surface area (Å²) >= 11 is 0. The highest BCUT2D eigenvalue weighted by molar-refractivity contribution is 5.92. The Balaban J connectivity index is 2.48. The average molecular weight is 260 g/mol. The molecule has 0 saturated carbocycles. The number of nitrogen functional groups attached to an aromatic ring is 1. The molecule has 0 aliphatic heterocycles. The molecule has 0 unspecified atom stereocenters. The van der Waals surface area contributed by atoms with Crippen LogP contribution in [-0.4, -0.2) is 36.5 Å². The number of carbonyl (C=O) groups excluding carboxylic acids is 1. The van der Waals surface area contributed by atoms with Gasteiger partial charge in [0.15, 0.2) is 0 Å². The first-order valence-electron chi connectivity index (χ1n) is 5.81. The first-order chi connectivity index (χ1) is 9.15. The van der Waals surface area contributed by atoms with Gasteiger partial charge < -0.3 is 10.2 Å². The number of amides is 1. The summed E-state index contributed by atoms with van der Waals surface area (Å²) in [6.07, 6.45) is 0. The number of hydrogen-bond donors (Lipinski definition) is 3. The highest BCUT2D eigenvalue weighted by Gasteiger charge is 2.13. The molecule has 2 aromatic rings. The molecule has 0 bridgehead atoms. The minimum atomic E-state index is -0.0903. The molecule has 0 aliphatic carbocycles. The van der Waals surface area contributed by atoms with Crippen molar-refractivity contribution in [3.05, 3.63) is 24.3 Å². The van der Waals surface area contributed by atoms with Gasteiger partial charge in [0.25, 0.3) is 0 Å². The summed E-state index contributed by atoms with van der Waals surface area (Å²) in [6.45, 7) is 0.210. The number of hydrogen-bond acceptors (Lipinski definition) is 6. The van der Waals surface area contributed by atoms with Crippen molar-refractivity contribution in [3.8, 4) is 0 Å². The molecule has 0 radical (unpaired) electrons. The molecule has 4 N–H and O–H groups in total. The van der Waals surface area contributed by atoms with Crippen molar-refractivity contribution < 1.29 is 4.79 Å². The van der Waals surface area contributed by atoms with Crippen LogP contribution in [0.1, 0.15) is 0 Å². The van der Waals surface area contributed by atoms with Gasteiger partial charge in [0, 0.05) is 19.5 Å². The van der Waals surface area contributed by atoms with Crippen LogP contribution in [0.4, 0.5) is 11.8 Å². The number of nitrogens with two attached hydrogens (primary N) is 1. The first-order valence-corrected chi connectivity index (χ1v) is 5.81. The third-order valence-corrected chi connectivity index (χ3v) is 2.73. The lowest BCUT2D eigenvalue weighted by Crippen LogP contribution is -2.33. The van der Waals surface area contributed by atoms with E-state index in [0.717, 1.165) is 10.9 Å². The van der Waals surface area contributed by atoms with Gasteiger partial charge in [0.05, 0.1) is 12.1 Å². The first kappa shape index (κ1) is 13.0. The number of aromatic nitrogens is 2. The predicted octanol–water partition coefficient (Wildman–Crippen LogP) is 0.0976. The van der Waals surface area contributed by atoms with Gasteiger partial charge in [-0.05, 0) is 12.1 Å². The number of anilines is 2. The van der Waals surface area contributed by atoms with E-state index in [4.69, 9.17) is 5.84 Å². The molecule has 19 heavy (non-hydrogen) atoms. The Labute approximate surface area is 110 Å². The van der Waals surface area contributed by atoms with Gasteiger partial charge in [0.2, 0.25) is 11.9 Å². The second-order valence-electron chi connectivity index (χ2n) is 4.06. The molecule has 1 amide bonds. The van der Waals surface area contributed by atoms with E-state index in [2.05, 4.69) is 20.7 Å². The second kappa shape index (κ2) is 5.49. The van der Waals surface area contributed by atoms with Crippen LogP contribution in [0.15, 0.2) is 24.3 Å². The number of benzene rings is 1. The van der Waals surface area contributed by atoms with Gasteiger partial charge in [-0.2, -0.15) is 4.98 Å². The van der Waals surface area contributed by atoms with Crippen LogP contribution in [-0.2, 0) is 4.79 Å². The van der Waals surface area contributed by atoms with Gasteiger partial charge in [-0.25, -0.2) is 10.8 Å². The highest BCUT2D eigenvalue weighted by atomic mass is 16.1. The van der Waals surface area contributed by atoms with Gasteiger partial charge >= 0.3 is 0 Å². The monoisotopic (exact) mass is 260 g/mol. The van der Waals surface area contributed by atoms with Crippen molar-refractivity contribution in [2.24, 2.45) is 5.84 Å². The van der Waals surface area contributed by atoms with Crippen molar-refractivity contribution in [2.45, 2.75) is 0 Å². The molecule has 0 saturated heterocycles. The fourth-order valence-electron chi connectivity index (χ4n) is 1.78. The smallest absolute Gasteiger partial charge is 0.239 e. The van der Waals surface area contributed by atoms with Gasteiger partial charge in [-0.3, -0.25) is 10.2 Å². The maximum atomic E-state index is 11.4. The number of nitrogens with zero attached hydrogens (tertiary/aromatic N) is 3. The van der Waals surface area contributed by atoms with Crippen LogP contribution in [0.3, 0.4) is 0 Å². The molecular formula is C12H16N6O. The number of para-hydroxylation sites is 1. The second-order valence-corrected chi connectivity index (χ2v) is 4.06. The van der Waals surface area contributed by atoms with Gasteiger partial charge in [0.1, 0.15) is 5.82 Å². The Kier molecular flexibility index (Phi) is 3.76. The third-order valence-electron chi connectivity index (χ3n) is 2.73. The predicted molar refractivity (Wildman–Crippen MR) is 74.7 cm³/mol. The van der Waals surface area contributed by atoms with E-state index in [0.29, 0.717) is 11.8 Å². The van der Waals surface area contributed by atoms with E-state index in [1.807, 2.05) is 24.3 Å². The van der Waals surface area contributed by atoms with E-state index in [1.165, 1.54) is 0 Å². The van der Waals surface area contributed by atoms with Gasteiger partial charge in [-0.15, -0.1) is 0 Å². The molecule has 7 heteroatoms. The van der Waals surface area contributed by atoms with Crippen LogP contribution >= 0.6 is 0 Å². The summed E-state index contributed by atoms with van der Waals surface area (Å²) in [5.41, 5.74) is 3.20. The Morgan fingerprint density at radius 1 is 1.37 bits per heavy atom. The van der Waals surface area contributed by atoms with Gasteiger partial charge in [-0.1, -0.05) is 12.1 Å². The minimum absolute atomic E-state index is 0.0903. The quantitative estimate of drug-likeness (QED) is 0.533. The van der Waals surface area contributed by atoms with Crippen molar-refractivity contribution >= 4 is 28.6 Å². The lowest BCUT2D eigenvalue weighted by Gasteiger charge is -2.19. The molecule has 0 fully saturated rings. The number of likely N-dealkylation sites (N-methyl/N-ethyl adjacent to an activating group) is 2. The number of carbonyl (C=O) groups is 1. The molecular weight excluding hydrogens is 244 g/mol. The number of rotatable bonds is 4. The fourth-order valence-corrected chi connectivity index (χ4v) is 1.78. The molecule has 1 heterocycles. The van der Waals surface area contributed by atoms with E-state index in [1.54, 1.807) is 19.0 Å². The maximum absolute atomic E-state index is 11.4. The molecule has 1 aromatic heterocycles. The summed E-state index contributed by atoms with van der Waals surface area (Å²) in [5, 5.41) is 3.45. The van der Waals surface area contributed by atoms with E-state index in [-0.39, 0.29) is 12.5 Å². The summed E-state index contributed by atoms with van der Waals surface area (Å²) in [6, 6.07) is 7.57. The Morgan fingerprint density at radius 2 is 2.11 bits per heavy atom. The van der Waals surface area contributed by atoms with Crippen LogP contribution in [0.25, 0.3) is 10.9 Å². The average Bonchev–Trinajstić information content (AvgIpc) is 2.45. The number of fused-ring (bicyclic) bond motifs is 1. The highest BCUT2D eigenvalue weighted by Crippen LogP contribution is 2.23. The zero-order valence-electron chi connectivity index (χ0n) is 10.8. The molecule has 1 aromatic carbocycles. The Bertz CT molecular complexity index is 600. The van der Waals surface area contributed by atoms with Crippen LogP contribution in [0.2, 0.25) is 0 Å². The zero-order valence-corrected chi connectivity index (χ0v) is 10.8. The van der Waals surface area contributed by atoms with E-state index < -0.39 is 0 Å². The number of hydrazine groups is 1. The van der Waals surface area contributed by atoms with Crippen molar-refractivity contribution in [1.82, 2.24) is 15.3 Å². The lowest BCUT2D eigenvalue weighted by atomic mass is 10.2. The minimum Gasteiger partial charge on any atom is -0.358 e. The molecule has 0 atom stereocenters. The van der Waals surface area contributed by atoms with Crippen molar-refractivity contribution in [2.75, 3.05) is 31.0 Å². The zero-order chi connectivity index (χ0) is 13.8. The van der Waals surface area contributed by atoms with Crippen LogP contribution in [0.5, 0.6) is 0 Å². The Morgan fingerprint density at radius 3 is 2.79 bits per heavy atom. The fraction of sp³-hybridized carbons (Fsp3) is 0.250. The maximum Gasteiger partial charge on any atom is 0.239 e. The summed E-state index contributed by atoms with van der Waals surface area (Å²) in [4.78, 5) is 21.8. The number of nitrogens with one attached hydrogen (secondary N) is 2. The summed E-state index contributed by atoms with van der Waals surface area (Å²) < 4.78 is 0. The normalized spacial score (nSPS) is 10.3. The molecule has 2 rings (SSSR count). The molecule has 7 nitrogen and oxygen atoms in total. The molecule has 0 aliphatic rings. The van der Waals surface area contributed by atoms with E-state index >= 15 is 0 Å². The summed E-state index contributed by atoms with van der Waals surface area (Å²) in [5.74, 6) is 6.25. The molecule has 0 spiro atoms. The van der Waals surface area contributed by atoms with Crippen molar-refractivity contribution in [3.63, 3.8) is 0 Å². The van der Waals surface area contributed by atoms with Crippen LogP contribution in [0, 0.1) is 0 Å². The van der Waals surface area contributed by atoms with Crippen molar-refractivity contribution in [1.29, 1.82) is 0 Å². The van der Waals surface area contributed by atoms with E-state index in [9.17, 15) is 4.79 Å². The standard InChI is InChI=1S/C12H16N6O/c1-14-10(19)7-18(2)11-8-5-3-4-6-9(8)15-12(16-11)17-13/h3-6H,7,13H2,1-2H3,(H,14,19)(H,15,16,17). The SMILES string of the molecule is CNC(=O)CN(C)c1nc(NN)nc2ccccc12.